The molecule has 0 aliphatic carbocycles. The van der Waals surface area contributed by atoms with Gasteiger partial charge < -0.3 is 4.98 Å². The monoisotopic (exact) mass is 536 g/mol. The van der Waals surface area contributed by atoms with E-state index in [2.05, 4.69) is 20.1 Å². The molecule has 0 amide bonds. The number of benzene rings is 2. The number of fused-ring (bicyclic) bond motifs is 3. The van der Waals surface area contributed by atoms with Crippen LogP contribution in [0, 0.1) is 6.92 Å². The fraction of sp³-hybridized carbons (Fsp3) is 0.0357. The van der Waals surface area contributed by atoms with Crippen LogP contribution in [-0.4, -0.2) is 29.1 Å². The molecular weight excluding hydrogens is 520 g/mol. The molecule has 7 rings (SSSR count). The molecule has 38 heavy (non-hydrogen) atoms. The van der Waals surface area contributed by atoms with E-state index in [0.717, 1.165) is 48.1 Å². The van der Waals surface area contributed by atoms with Gasteiger partial charge in [0.2, 0.25) is 0 Å². The lowest BCUT2D eigenvalue weighted by molar-refractivity contribution is 0.905. The Hall–Kier alpha value is -4.60. The third kappa shape index (κ3) is 3.40. The number of pyridine rings is 2. The van der Waals surface area contributed by atoms with Gasteiger partial charge in [-0.3, -0.25) is 9.78 Å². The predicted molar refractivity (Wildman–Crippen MR) is 151 cm³/mol. The zero-order valence-electron chi connectivity index (χ0n) is 19.8. The highest BCUT2D eigenvalue weighted by atomic mass is 35.5. The topological polar surface area (TPSA) is 97.9 Å². The van der Waals surface area contributed by atoms with Crippen molar-refractivity contribution in [1.82, 2.24) is 29.1 Å². The largest absolute Gasteiger partial charge is 0.333 e. The lowest BCUT2D eigenvalue weighted by Gasteiger charge is -2.11. The molecule has 0 saturated heterocycles. The fourth-order valence-corrected chi connectivity index (χ4v) is 6.33. The van der Waals surface area contributed by atoms with Crippen molar-refractivity contribution in [2.24, 2.45) is 0 Å². The van der Waals surface area contributed by atoms with Crippen molar-refractivity contribution in [3.63, 3.8) is 0 Å². The molecule has 184 valence electrons. The maximum atomic E-state index is 13.7. The van der Waals surface area contributed by atoms with Gasteiger partial charge in [0.25, 0.3) is 5.56 Å². The van der Waals surface area contributed by atoms with Gasteiger partial charge in [-0.2, -0.15) is 5.10 Å². The summed E-state index contributed by atoms with van der Waals surface area (Å²) in [6.45, 7) is 1.98. The first kappa shape index (κ1) is 22.6. The van der Waals surface area contributed by atoms with Gasteiger partial charge in [-0.15, -0.1) is 11.3 Å². The number of rotatable bonds is 3. The Labute approximate surface area is 223 Å². The quantitative estimate of drug-likeness (QED) is 0.316. The molecule has 0 bridgehead atoms. The predicted octanol–water partition coefficient (Wildman–Crippen LogP) is 5.63. The molecule has 0 aliphatic heterocycles. The number of aromatic amines is 1. The van der Waals surface area contributed by atoms with Crippen LogP contribution < -0.4 is 11.2 Å². The smallest absolute Gasteiger partial charge is 0.306 e. The molecule has 0 saturated carbocycles. The van der Waals surface area contributed by atoms with Crippen LogP contribution in [0.2, 0.25) is 5.02 Å². The Balaban J connectivity index is 1.46. The second-order valence-electron chi connectivity index (χ2n) is 8.91. The minimum absolute atomic E-state index is 0.411. The summed E-state index contributed by atoms with van der Waals surface area (Å²) in [4.78, 5) is 39.1. The Morgan fingerprint density at radius 3 is 2.79 bits per heavy atom. The number of halogens is 1. The number of aryl methyl sites for hydroxylation is 1. The summed E-state index contributed by atoms with van der Waals surface area (Å²) in [5, 5.41) is 6.43. The van der Waals surface area contributed by atoms with Crippen LogP contribution in [0.1, 0.15) is 5.56 Å². The summed E-state index contributed by atoms with van der Waals surface area (Å²) >= 11 is 8.04. The average molecular weight is 537 g/mol. The second-order valence-corrected chi connectivity index (χ2v) is 10.4. The number of H-pyrrole nitrogens is 1. The summed E-state index contributed by atoms with van der Waals surface area (Å²) in [6.07, 6.45) is 6.66. The summed E-state index contributed by atoms with van der Waals surface area (Å²) in [5.74, 6) is 0. The number of nitrogens with zero attached hydrogens (tertiary/aromatic N) is 5. The SMILES string of the molecule is Cc1cc(-c2cccc(Cl)c2-c2cc3[nH]c(=O)n(-c4cncc5ccccc45)c(=O)c3s2)cn2ncnc12. The molecule has 1 N–H and O–H groups in total. The van der Waals surface area contributed by atoms with Crippen LogP contribution >= 0.6 is 22.9 Å². The van der Waals surface area contributed by atoms with E-state index in [1.807, 2.05) is 61.7 Å². The number of nitrogens with one attached hydrogen (secondary N) is 1. The van der Waals surface area contributed by atoms with E-state index in [4.69, 9.17) is 11.6 Å². The van der Waals surface area contributed by atoms with Gasteiger partial charge in [0.05, 0.1) is 17.4 Å². The van der Waals surface area contributed by atoms with Gasteiger partial charge in [-0.1, -0.05) is 48.0 Å². The van der Waals surface area contributed by atoms with Gasteiger partial charge in [0, 0.05) is 44.2 Å². The van der Waals surface area contributed by atoms with Crippen molar-refractivity contribution in [1.29, 1.82) is 0 Å². The van der Waals surface area contributed by atoms with Crippen molar-refractivity contribution in [2.45, 2.75) is 6.92 Å². The van der Waals surface area contributed by atoms with E-state index >= 15 is 0 Å². The van der Waals surface area contributed by atoms with Crippen LogP contribution in [-0.2, 0) is 0 Å². The van der Waals surface area contributed by atoms with Crippen molar-refractivity contribution < 1.29 is 0 Å². The maximum absolute atomic E-state index is 13.7. The Morgan fingerprint density at radius 1 is 1.03 bits per heavy atom. The fourth-order valence-electron chi connectivity index (χ4n) is 4.88. The van der Waals surface area contributed by atoms with Crippen molar-refractivity contribution in [3.05, 3.63) is 111 Å². The number of thiophene rings is 1. The Bertz CT molecular complexity index is 2170. The third-order valence-corrected chi connectivity index (χ3v) is 8.05. The zero-order chi connectivity index (χ0) is 26.0. The van der Waals surface area contributed by atoms with Crippen molar-refractivity contribution in [3.8, 4) is 27.3 Å². The highest BCUT2D eigenvalue weighted by Crippen LogP contribution is 2.42. The first-order chi connectivity index (χ1) is 18.5. The van der Waals surface area contributed by atoms with Gasteiger partial charge in [0.1, 0.15) is 11.0 Å². The lowest BCUT2D eigenvalue weighted by atomic mass is 9.99. The van der Waals surface area contributed by atoms with Crippen molar-refractivity contribution >= 4 is 49.6 Å². The van der Waals surface area contributed by atoms with Crippen LogP contribution in [0.3, 0.4) is 0 Å². The summed E-state index contributed by atoms with van der Waals surface area (Å²) in [5.41, 5.74) is 4.25. The van der Waals surface area contributed by atoms with Gasteiger partial charge in [0.15, 0.2) is 5.65 Å². The second kappa shape index (κ2) is 8.47. The molecule has 5 heterocycles. The van der Waals surface area contributed by atoms with Crippen molar-refractivity contribution in [2.75, 3.05) is 0 Å². The van der Waals surface area contributed by atoms with Crippen LogP contribution in [0.25, 0.3) is 53.9 Å². The summed E-state index contributed by atoms with van der Waals surface area (Å²) in [7, 11) is 0. The van der Waals surface area contributed by atoms with Crippen LogP contribution in [0.15, 0.2) is 89.1 Å². The molecule has 0 atom stereocenters. The molecule has 0 fully saturated rings. The maximum Gasteiger partial charge on any atom is 0.333 e. The molecular formula is C28H17ClN6O2S. The van der Waals surface area contributed by atoms with E-state index in [0.29, 0.717) is 20.9 Å². The molecule has 8 nitrogen and oxygen atoms in total. The molecule has 5 aromatic heterocycles. The molecule has 0 unspecified atom stereocenters. The standard InChI is InChI=1S/C28H17ClN6O2S/c1-15-9-17(13-34-26(15)31-14-32-34)19-7-4-8-20(29)24(19)23-10-21-25(38-23)27(36)35(28(37)33-21)22-12-30-11-16-5-2-3-6-18(16)22/h2-14H,1H3,(H,33,37). The van der Waals surface area contributed by atoms with Gasteiger partial charge >= 0.3 is 5.69 Å². The molecule has 0 radical (unpaired) electrons. The van der Waals surface area contributed by atoms with E-state index in [1.54, 1.807) is 16.8 Å². The normalized spacial score (nSPS) is 11.6. The molecule has 0 spiro atoms. The molecule has 2 aromatic carbocycles. The van der Waals surface area contributed by atoms with Crippen LogP contribution in [0.4, 0.5) is 0 Å². The van der Waals surface area contributed by atoms with E-state index in [-0.39, 0.29) is 0 Å². The van der Waals surface area contributed by atoms with E-state index in [9.17, 15) is 9.59 Å². The first-order valence-corrected chi connectivity index (χ1v) is 12.9. The number of hydrogen-bond donors (Lipinski definition) is 1. The van der Waals surface area contributed by atoms with E-state index < -0.39 is 11.2 Å². The highest BCUT2D eigenvalue weighted by Gasteiger charge is 2.19. The Kier molecular flexibility index (Phi) is 5.04. The van der Waals surface area contributed by atoms with Gasteiger partial charge in [-0.25, -0.2) is 18.9 Å². The van der Waals surface area contributed by atoms with E-state index in [1.165, 1.54) is 23.9 Å². The minimum Gasteiger partial charge on any atom is -0.306 e. The third-order valence-electron chi connectivity index (χ3n) is 6.59. The molecule has 10 heteroatoms. The highest BCUT2D eigenvalue weighted by molar-refractivity contribution is 7.22. The van der Waals surface area contributed by atoms with Crippen LogP contribution in [0.5, 0.6) is 0 Å². The number of hydrogen-bond acceptors (Lipinski definition) is 6. The lowest BCUT2D eigenvalue weighted by Crippen LogP contribution is -2.33. The summed E-state index contributed by atoms with van der Waals surface area (Å²) < 4.78 is 3.29. The van der Waals surface area contributed by atoms with Gasteiger partial charge in [-0.05, 0) is 36.2 Å². The average Bonchev–Trinajstić information content (AvgIpc) is 3.56. The first-order valence-electron chi connectivity index (χ1n) is 11.7. The Morgan fingerprint density at radius 2 is 1.89 bits per heavy atom. The zero-order valence-corrected chi connectivity index (χ0v) is 21.4. The number of aromatic nitrogens is 6. The summed E-state index contributed by atoms with van der Waals surface area (Å²) in [6, 6.07) is 17.0. The molecule has 7 aromatic rings. The minimum atomic E-state index is -0.531. The molecule has 0 aliphatic rings.